The Morgan fingerprint density at radius 3 is 1.70 bits per heavy atom. The van der Waals surface area contributed by atoms with E-state index in [1.54, 1.807) is 0 Å². The van der Waals surface area contributed by atoms with Crippen LogP contribution in [0.4, 0.5) is 0 Å². The van der Waals surface area contributed by atoms with Gasteiger partial charge >= 0.3 is 0 Å². The number of benzene rings is 5. The van der Waals surface area contributed by atoms with Gasteiger partial charge in [0.05, 0.1) is 16.9 Å². The lowest BCUT2D eigenvalue weighted by Crippen LogP contribution is -2.00. The lowest BCUT2D eigenvalue weighted by Gasteiger charge is -2.12. The molecule has 0 unspecified atom stereocenters. The molecule has 0 fully saturated rings. The molecule has 220 valence electrons. The van der Waals surface area contributed by atoms with Gasteiger partial charge in [-0.25, -0.2) is 24.9 Å². The van der Waals surface area contributed by atoms with Crippen LogP contribution in [0.25, 0.3) is 89.7 Å². The van der Waals surface area contributed by atoms with E-state index in [0.717, 1.165) is 66.5 Å². The van der Waals surface area contributed by atoms with Gasteiger partial charge in [0.15, 0.2) is 17.5 Å². The number of para-hydroxylation sites is 2. The van der Waals surface area contributed by atoms with Gasteiger partial charge in [0.2, 0.25) is 5.71 Å². The van der Waals surface area contributed by atoms with E-state index in [4.69, 9.17) is 29.3 Å². The van der Waals surface area contributed by atoms with Gasteiger partial charge in [0.1, 0.15) is 5.58 Å². The second-order valence-electron chi connectivity index (χ2n) is 11.3. The zero-order valence-corrected chi connectivity index (χ0v) is 25.1. The highest BCUT2D eigenvalue weighted by atomic mass is 16.3. The summed E-state index contributed by atoms with van der Waals surface area (Å²) in [7, 11) is 0. The maximum atomic E-state index is 6.11. The largest absolute Gasteiger partial charge is 0.438 e. The summed E-state index contributed by atoms with van der Waals surface area (Å²) in [5, 5.41) is 3.08. The van der Waals surface area contributed by atoms with E-state index in [2.05, 4.69) is 36.4 Å². The van der Waals surface area contributed by atoms with Crippen molar-refractivity contribution in [3.63, 3.8) is 0 Å². The van der Waals surface area contributed by atoms with Crippen LogP contribution in [0.5, 0.6) is 0 Å². The molecular weight excluding hydrogens is 578 g/mol. The van der Waals surface area contributed by atoms with Gasteiger partial charge < -0.3 is 4.42 Å². The third-order valence-electron chi connectivity index (χ3n) is 8.35. The first-order valence-electron chi connectivity index (χ1n) is 15.4. The summed E-state index contributed by atoms with van der Waals surface area (Å²) >= 11 is 0. The fraction of sp³-hybridized carbons (Fsp3) is 0. The van der Waals surface area contributed by atoms with E-state index in [1.807, 2.05) is 115 Å². The van der Waals surface area contributed by atoms with Gasteiger partial charge in [0, 0.05) is 32.8 Å². The first-order chi connectivity index (χ1) is 23.3. The summed E-state index contributed by atoms with van der Waals surface area (Å²) in [5.41, 5.74) is 8.64. The number of nitrogens with zero attached hydrogens (tertiary/aromatic N) is 5. The Bertz CT molecular complexity index is 2520. The van der Waals surface area contributed by atoms with Gasteiger partial charge in [-0.15, -0.1) is 0 Å². The van der Waals surface area contributed by atoms with Crippen molar-refractivity contribution < 1.29 is 4.42 Å². The number of fused-ring (bicyclic) bond motifs is 4. The number of pyridine rings is 2. The average molecular weight is 604 g/mol. The third-order valence-corrected chi connectivity index (χ3v) is 8.35. The Morgan fingerprint density at radius 1 is 0.362 bits per heavy atom. The SMILES string of the molecule is c1ccc(-c2nc(-c3ccccc3)nc(-c3cccc(-c4cc(-c5ccc6c(n5)oc5ccccc56)nc5ccccc45)c3)n2)cc1. The summed E-state index contributed by atoms with van der Waals surface area (Å²) in [6.45, 7) is 0. The maximum absolute atomic E-state index is 6.11. The van der Waals surface area contributed by atoms with Crippen molar-refractivity contribution in [2.45, 2.75) is 0 Å². The summed E-state index contributed by atoms with van der Waals surface area (Å²) < 4.78 is 6.11. The molecule has 5 aromatic carbocycles. The number of rotatable bonds is 5. The van der Waals surface area contributed by atoms with Crippen LogP contribution in [0.3, 0.4) is 0 Å². The van der Waals surface area contributed by atoms with Crippen molar-refractivity contribution in [3.8, 4) is 56.7 Å². The van der Waals surface area contributed by atoms with Crippen LogP contribution in [-0.4, -0.2) is 24.9 Å². The van der Waals surface area contributed by atoms with Gasteiger partial charge in [-0.3, -0.25) is 0 Å². The normalized spacial score (nSPS) is 11.4. The minimum Gasteiger partial charge on any atom is -0.438 e. The molecule has 0 aliphatic rings. The highest BCUT2D eigenvalue weighted by Crippen LogP contribution is 2.35. The quantitative estimate of drug-likeness (QED) is 0.195. The molecule has 0 aliphatic heterocycles. The standard InChI is InChI=1S/C41H25N5O/c1-3-12-26(13-4-1)38-44-39(27-14-5-2-6-15-27)46-40(45-38)29-17-11-16-28(24-29)33-25-36(42-34-20-9-7-18-30(33)34)35-23-22-32-31-19-8-10-21-37(31)47-41(32)43-35/h1-25H. The minimum atomic E-state index is 0.598. The first-order valence-corrected chi connectivity index (χ1v) is 15.4. The van der Waals surface area contributed by atoms with E-state index in [0.29, 0.717) is 23.2 Å². The van der Waals surface area contributed by atoms with Crippen LogP contribution in [0, 0.1) is 0 Å². The second kappa shape index (κ2) is 11.1. The molecule has 0 N–H and O–H groups in total. The van der Waals surface area contributed by atoms with E-state index < -0.39 is 0 Å². The predicted octanol–water partition coefficient (Wildman–Crippen LogP) is 10.0. The van der Waals surface area contributed by atoms with Gasteiger partial charge in [-0.05, 0) is 47.5 Å². The predicted molar refractivity (Wildman–Crippen MR) is 187 cm³/mol. The molecule has 0 bridgehead atoms. The highest BCUT2D eigenvalue weighted by Gasteiger charge is 2.16. The zero-order chi connectivity index (χ0) is 31.2. The maximum Gasteiger partial charge on any atom is 0.227 e. The van der Waals surface area contributed by atoms with Crippen molar-refractivity contribution in [1.29, 1.82) is 0 Å². The van der Waals surface area contributed by atoms with Crippen LogP contribution >= 0.6 is 0 Å². The molecule has 47 heavy (non-hydrogen) atoms. The lowest BCUT2D eigenvalue weighted by atomic mass is 9.97. The van der Waals surface area contributed by atoms with Crippen LogP contribution in [0.15, 0.2) is 156 Å². The topological polar surface area (TPSA) is 77.6 Å². The van der Waals surface area contributed by atoms with Crippen LogP contribution in [0.2, 0.25) is 0 Å². The Morgan fingerprint density at radius 2 is 0.957 bits per heavy atom. The molecule has 6 heteroatoms. The number of aromatic nitrogens is 5. The summed E-state index contributed by atoms with van der Waals surface area (Å²) in [4.78, 5) is 24.7. The van der Waals surface area contributed by atoms with Gasteiger partial charge in [-0.2, -0.15) is 0 Å². The minimum absolute atomic E-state index is 0.598. The summed E-state index contributed by atoms with van der Waals surface area (Å²) in [6, 6.07) is 50.8. The van der Waals surface area contributed by atoms with Crippen LogP contribution in [0.1, 0.15) is 0 Å². The lowest BCUT2D eigenvalue weighted by molar-refractivity contribution is 0.654. The molecule has 4 aromatic heterocycles. The summed E-state index contributed by atoms with van der Waals surface area (Å²) in [6.07, 6.45) is 0. The molecule has 0 aliphatic carbocycles. The zero-order valence-electron chi connectivity index (χ0n) is 25.1. The van der Waals surface area contributed by atoms with E-state index in [-0.39, 0.29) is 0 Å². The van der Waals surface area contributed by atoms with Crippen molar-refractivity contribution in [1.82, 2.24) is 24.9 Å². The molecule has 4 heterocycles. The molecule has 0 saturated heterocycles. The fourth-order valence-corrected chi connectivity index (χ4v) is 6.06. The smallest absolute Gasteiger partial charge is 0.227 e. The van der Waals surface area contributed by atoms with Gasteiger partial charge in [0.25, 0.3) is 0 Å². The number of hydrogen-bond donors (Lipinski definition) is 0. The van der Waals surface area contributed by atoms with Crippen molar-refractivity contribution in [2.75, 3.05) is 0 Å². The Hall–Kier alpha value is -6.53. The molecule has 0 saturated carbocycles. The molecule has 6 nitrogen and oxygen atoms in total. The Balaban J connectivity index is 1.19. The van der Waals surface area contributed by atoms with E-state index >= 15 is 0 Å². The van der Waals surface area contributed by atoms with Crippen LogP contribution in [-0.2, 0) is 0 Å². The third kappa shape index (κ3) is 4.89. The molecule has 9 aromatic rings. The molecule has 9 rings (SSSR count). The molecular formula is C41H25N5O. The fourth-order valence-electron chi connectivity index (χ4n) is 6.06. The molecule has 0 spiro atoms. The summed E-state index contributed by atoms with van der Waals surface area (Å²) in [5.74, 6) is 1.86. The van der Waals surface area contributed by atoms with E-state index in [9.17, 15) is 0 Å². The van der Waals surface area contributed by atoms with Crippen molar-refractivity contribution in [2.24, 2.45) is 0 Å². The molecule has 0 amide bonds. The van der Waals surface area contributed by atoms with Crippen molar-refractivity contribution >= 4 is 33.0 Å². The Kier molecular flexibility index (Phi) is 6.35. The Labute approximate surface area is 270 Å². The second-order valence-corrected chi connectivity index (χ2v) is 11.3. The van der Waals surface area contributed by atoms with Gasteiger partial charge in [-0.1, -0.05) is 115 Å². The molecule has 0 atom stereocenters. The monoisotopic (exact) mass is 603 g/mol. The van der Waals surface area contributed by atoms with Crippen molar-refractivity contribution in [3.05, 3.63) is 152 Å². The highest BCUT2D eigenvalue weighted by molar-refractivity contribution is 6.04. The molecule has 0 radical (unpaired) electrons. The van der Waals surface area contributed by atoms with Crippen LogP contribution < -0.4 is 0 Å². The van der Waals surface area contributed by atoms with E-state index in [1.165, 1.54) is 0 Å². The average Bonchev–Trinajstić information content (AvgIpc) is 3.53. The number of furan rings is 1. The number of hydrogen-bond acceptors (Lipinski definition) is 6. The first kappa shape index (κ1) is 26.8.